The molecule has 0 saturated carbocycles. The van der Waals surface area contributed by atoms with E-state index in [1.807, 2.05) is 48.5 Å². The van der Waals surface area contributed by atoms with E-state index < -0.39 is 0 Å². The molecule has 1 fully saturated rings. The average molecular weight is 384 g/mol. The fraction of sp³-hybridized carbons (Fsp3) is 0.381. The molecule has 4 rings (SSSR count). The molecule has 28 heavy (non-hydrogen) atoms. The maximum Gasteiger partial charge on any atom is 0.258 e. The lowest BCUT2D eigenvalue weighted by atomic mass is 10.0. The Morgan fingerprint density at radius 1 is 1.07 bits per heavy atom. The Morgan fingerprint density at radius 2 is 1.86 bits per heavy atom. The molecule has 2 heterocycles. The van der Waals surface area contributed by atoms with Gasteiger partial charge in [0.1, 0.15) is 5.75 Å². The number of para-hydroxylation sites is 1. The van der Waals surface area contributed by atoms with Gasteiger partial charge in [-0.1, -0.05) is 24.3 Å². The van der Waals surface area contributed by atoms with Gasteiger partial charge >= 0.3 is 0 Å². The predicted octanol–water partition coefficient (Wildman–Crippen LogP) is 1.98. The number of rotatable bonds is 7. The zero-order valence-electron chi connectivity index (χ0n) is 15.6. The summed E-state index contributed by atoms with van der Waals surface area (Å²) in [6, 6.07) is 15.3. The van der Waals surface area contributed by atoms with E-state index in [0.717, 1.165) is 30.2 Å². The van der Waals surface area contributed by atoms with Crippen LogP contribution in [0.3, 0.4) is 0 Å². The Bertz CT molecular complexity index is 793. The molecule has 0 radical (unpaired) electrons. The summed E-state index contributed by atoms with van der Waals surface area (Å²) in [5, 5.41) is 3.00. The number of nitrogens with one attached hydrogen (secondary N) is 1. The Morgan fingerprint density at radius 3 is 2.68 bits per heavy atom. The quantitative estimate of drug-likeness (QED) is 0.787. The van der Waals surface area contributed by atoms with Crippen LogP contribution in [0, 0.1) is 0 Å². The van der Waals surface area contributed by atoms with Gasteiger partial charge in [0.15, 0.2) is 18.1 Å². The van der Waals surface area contributed by atoms with Gasteiger partial charge in [-0.05, 0) is 29.8 Å². The van der Waals surface area contributed by atoms with Gasteiger partial charge in [0.05, 0.1) is 19.3 Å². The van der Waals surface area contributed by atoms with Crippen LogP contribution in [0.5, 0.6) is 17.2 Å². The smallest absolute Gasteiger partial charge is 0.258 e. The van der Waals surface area contributed by atoms with E-state index in [0.29, 0.717) is 25.5 Å². The number of hydrogen-bond donors (Lipinski definition) is 1. The van der Waals surface area contributed by atoms with E-state index in [-0.39, 0.29) is 25.3 Å². The van der Waals surface area contributed by atoms with Crippen LogP contribution in [-0.4, -0.2) is 57.1 Å². The first-order valence-electron chi connectivity index (χ1n) is 9.45. The van der Waals surface area contributed by atoms with Crippen LogP contribution in [-0.2, 0) is 9.53 Å². The van der Waals surface area contributed by atoms with Crippen molar-refractivity contribution in [3.05, 3.63) is 54.1 Å². The number of amides is 1. The highest BCUT2D eigenvalue weighted by molar-refractivity contribution is 5.77. The van der Waals surface area contributed by atoms with Gasteiger partial charge in [-0.2, -0.15) is 0 Å². The Balaban J connectivity index is 1.40. The molecule has 2 aliphatic rings. The number of morpholine rings is 1. The Labute approximate surface area is 164 Å². The van der Waals surface area contributed by atoms with Crippen LogP contribution < -0.4 is 19.5 Å². The van der Waals surface area contributed by atoms with Crippen molar-refractivity contribution < 1.29 is 23.7 Å². The number of nitrogens with zero attached hydrogens (tertiary/aromatic N) is 1. The van der Waals surface area contributed by atoms with Crippen molar-refractivity contribution in [2.75, 3.05) is 46.2 Å². The van der Waals surface area contributed by atoms with Crippen molar-refractivity contribution in [2.45, 2.75) is 6.04 Å². The topological polar surface area (TPSA) is 69.3 Å². The summed E-state index contributed by atoms with van der Waals surface area (Å²) in [5.74, 6) is 2.03. The predicted molar refractivity (Wildman–Crippen MR) is 103 cm³/mol. The maximum atomic E-state index is 12.3. The molecule has 1 saturated heterocycles. The zero-order valence-corrected chi connectivity index (χ0v) is 15.6. The molecule has 1 atom stereocenters. The SMILES string of the molecule is O=C(COc1ccccc1)NCC(c1ccc2c(c1)OCO2)N1CCOCC1. The highest BCUT2D eigenvalue weighted by Crippen LogP contribution is 2.35. The molecule has 0 aromatic heterocycles. The average Bonchev–Trinajstić information content (AvgIpc) is 3.22. The first-order chi connectivity index (χ1) is 13.8. The van der Waals surface area contributed by atoms with Crippen LogP contribution in [0.4, 0.5) is 0 Å². The monoisotopic (exact) mass is 384 g/mol. The third-order valence-corrected chi connectivity index (χ3v) is 4.87. The van der Waals surface area contributed by atoms with Gasteiger partial charge in [-0.15, -0.1) is 0 Å². The summed E-state index contributed by atoms with van der Waals surface area (Å²) in [6.45, 7) is 3.72. The molecular formula is C21H24N2O5. The Kier molecular flexibility index (Phi) is 5.94. The van der Waals surface area contributed by atoms with Crippen LogP contribution in [0.2, 0.25) is 0 Å². The molecule has 1 N–H and O–H groups in total. The maximum absolute atomic E-state index is 12.3. The number of fused-ring (bicyclic) bond motifs is 1. The lowest BCUT2D eigenvalue weighted by Gasteiger charge is -2.35. The van der Waals surface area contributed by atoms with Gasteiger partial charge in [0, 0.05) is 19.6 Å². The second-order valence-electron chi connectivity index (χ2n) is 6.68. The van der Waals surface area contributed by atoms with E-state index in [2.05, 4.69) is 10.2 Å². The molecule has 0 spiro atoms. The standard InChI is InChI=1S/C21H24N2O5/c24-21(14-26-17-4-2-1-3-5-17)22-13-18(23-8-10-25-11-9-23)16-6-7-19-20(12-16)28-15-27-19/h1-7,12,18H,8-11,13-15H2,(H,22,24). The van der Waals surface area contributed by atoms with E-state index in [1.165, 1.54) is 0 Å². The van der Waals surface area contributed by atoms with Crippen LogP contribution in [0.15, 0.2) is 48.5 Å². The number of hydrogen-bond acceptors (Lipinski definition) is 6. The normalized spacial score (nSPS) is 17.1. The second kappa shape index (κ2) is 8.95. The third kappa shape index (κ3) is 4.55. The number of carbonyl (C=O) groups is 1. The highest BCUT2D eigenvalue weighted by atomic mass is 16.7. The molecule has 2 aromatic rings. The van der Waals surface area contributed by atoms with Crippen molar-refractivity contribution in [3.63, 3.8) is 0 Å². The number of carbonyl (C=O) groups excluding carboxylic acids is 1. The molecule has 7 heteroatoms. The van der Waals surface area contributed by atoms with Crippen molar-refractivity contribution >= 4 is 5.91 Å². The molecule has 2 aromatic carbocycles. The number of ether oxygens (including phenoxy) is 4. The molecular weight excluding hydrogens is 360 g/mol. The minimum atomic E-state index is -0.150. The fourth-order valence-corrected chi connectivity index (χ4v) is 3.39. The molecule has 0 bridgehead atoms. The molecule has 0 aliphatic carbocycles. The zero-order chi connectivity index (χ0) is 19.2. The van der Waals surface area contributed by atoms with Gasteiger partial charge in [0.25, 0.3) is 5.91 Å². The van der Waals surface area contributed by atoms with Crippen molar-refractivity contribution in [3.8, 4) is 17.2 Å². The van der Waals surface area contributed by atoms with E-state index in [9.17, 15) is 4.79 Å². The summed E-state index contributed by atoms with van der Waals surface area (Å²) >= 11 is 0. The summed E-state index contributed by atoms with van der Waals surface area (Å²) in [6.07, 6.45) is 0. The lowest BCUT2D eigenvalue weighted by Crippen LogP contribution is -2.44. The molecule has 1 unspecified atom stereocenters. The van der Waals surface area contributed by atoms with Crippen molar-refractivity contribution in [1.29, 1.82) is 0 Å². The molecule has 7 nitrogen and oxygen atoms in total. The van der Waals surface area contributed by atoms with E-state index in [1.54, 1.807) is 0 Å². The number of benzene rings is 2. The summed E-state index contributed by atoms with van der Waals surface area (Å²) < 4.78 is 21.9. The second-order valence-corrected chi connectivity index (χ2v) is 6.68. The van der Waals surface area contributed by atoms with E-state index in [4.69, 9.17) is 18.9 Å². The van der Waals surface area contributed by atoms with Gasteiger partial charge in [-0.3, -0.25) is 9.69 Å². The summed E-state index contributed by atoms with van der Waals surface area (Å²) in [7, 11) is 0. The summed E-state index contributed by atoms with van der Waals surface area (Å²) in [5.41, 5.74) is 1.08. The van der Waals surface area contributed by atoms with E-state index >= 15 is 0 Å². The first-order valence-corrected chi connectivity index (χ1v) is 9.45. The molecule has 2 aliphatic heterocycles. The lowest BCUT2D eigenvalue weighted by molar-refractivity contribution is -0.123. The fourth-order valence-electron chi connectivity index (χ4n) is 3.39. The minimum Gasteiger partial charge on any atom is -0.484 e. The largest absolute Gasteiger partial charge is 0.484 e. The summed E-state index contributed by atoms with van der Waals surface area (Å²) in [4.78, 5) is 14.6. The highest BCUT2D eigenvalue weighted by Gasteiger charge is 2.25. The van der Waals surface area contributed by atoms with Crippen molar-refractivity contribution in [1.82, 2.24) is 10.2 Å². The first kappa shape index (κ1) is 18.6. The van der Waals surface area contributed by atoms with Crippen LogP contribution in [0.1, 0.15) is 11.6 Å². The van der Waals surface area contributed by atoms with Gasteiger partial charge in [-0.25, -0.2) is 0 Å². The van der Waals surface area contributed by atoms with Crippen LogP contribution >= 0.6 is 0 Å². The third-order valence-electron chi connectivity index (χ3n) is 4.87. The van der Waals surface area contributed by atoms with Crippen molar-refractivity contribution in [2.24, 2.45) is 0 Å². The van der Waals surface area contributed by atoms with Gasteiger partial charge in [0.2, 0.25) is 6.79 Å². The molecule has 148 valence electrons. The van der Waals surface area contributed by atoms with Crippen LogP contribution in [0.25, 0.3) is 0 Å². The molecule has 1 amide bonds. The minimum absolute atomic E-state index is 0.0129. The van der Waals surface area contributed by atoms with Gasteiger partial charge < -0.3 is 24.3 Å². The Hall–Kier alpha value is -2.77.